The number of hydrogen-bond acceptors (Lipinski definition) is 5. The monoisotopic (exact) mass is 250 g/mol. The van der Waals surface area contributed by atoms with E-state index in [1.165, 1.54) is 12.8 Å². The Balaban J connectivity index is 2.24. The van der Waals surface area contributed by atoms with Crippen LogP contribution in [0, 0.1) is 6.92 Å². The Labute approximate surface area is 109 Å². The molecule has 1 N–H and O–H groups in total. The first kappa shape index (κ1) is 13.1. The van der Waals surface area contributed by atoms with E-state index in [2.05, 4.69) is 20.2 Å². The van der Waals surface area contributed by atoms with Crippen molar-refractivity contribution in [3.8, 4) is 5.88 Å². The van der Waals surface area contributed by atoms with Crippen LogP contribution in [0.5, 0.6) is 5.88 Å². The highest BCUT2D eigenvalue weighted by Gasteiger charge is 2.27. The number of ether oxygens (including phenoxy) is 1. The van der Waals surface area contributed by atoms with Gasteiger partial charge in [-0.1, -0.05) is 0 Å². The minimum absolute atomic E-state index is 0.526. The van der Waals surface area contributed by atoms with Gasteiger partial charge in [0.25, 0.3) is 0 Å². The van der Waals surface area contributed by atoms with Gasteiger partial charge in [0.2, 0.25) is 5.88 Å². The molecular weight excluding hydrogens is 228 g/mol. The van der Waals surface area contributed by atoms with Crippen LogP contribution in [0.1, 0.15) is 25.3 Å². The molecule has 0 aliphatic carbocycles. The molecule has 5 nitrogen and oxygen atoms in total. The van der Waals surface area contributed by atoms with Gasteiger partial charge in [-0.2, -0.15) is 0 Å². The van der Waals surface area contributed by atoms with E-state index in [0.717, 1.165) is 24.5 Å². The van der Waals surface area contributed by atoms with Crippen LogP contribution in [0.4, 0.5) is 5.82 Å². The zero-order chi connectivity index (χ0) is 13.0. The Morgan fingerprint density at radius 1 is 1.50 bits per heavy atom. The molecule has 18 heavy (non-hydrogen) atoms. The van der Waals surface area contributed by atoms with Crippen molar-refractivity contribution >= 4 is 5.82 Å². The summed E-state index contributed by atoms with van der Waals surface area (Å²) in [5.41, 5.74) is 1.04. The maximum Gasteiger partial charge on any atom is 0.221 e. The van der Waals surface area contributed by atoms with E-state index in [-0.39, 0.29) is 0 Å². The number of hydrogen-bond donors (Lipinski definition) is 1. The zero-order valence-electron chi connectivity index (χ0n) is 11.4. The van der Waals surface area contributed by atoms with Gasteiger partial charge in [-0.15, -0.1) is 0 Å². The van der Waals surface area contributed by atoms with Gasteiger partial charge in [0, 0.05) is 19.1 Å². The molecular formula is C13H22N4O. The maximum absolute atomic E-state index is 5.54. The molecule has 0 spiro atoms. The van der Waals surface area contributed by atoms with Crippen LogP contribution < -0.4 is 15.0 Å². The molecule has 1 saturated heterocycles. The summed E-state index contributed by atoms with van der Waals surface area (Å²) < 4.78 is 5.54. The van der Waals surface area contributed by atoms with Crippen molar-refractivity contribution in [2.24, 2.45) is 0 Å². The molecule has 1 aromatic heterocycles. The molecule has 0 aromatic carbocycles. The smallest absolute Gasteiger partial charge is 0.221 e. The van der Waals surface area contributed by atoms with E-state index in [9.17, 15) is 0 Å². The molecule has 1 aromatic rings. The highest BCUT2D eigenvalue weighted by Crippen LogP contribution is 2.29. The average molecular weight is 250 g/mol. The lowest BCUT2D eigenvalue weighted by Gasteiger charge is -2.27. The number of anilines is 1. The maximum atomic E-state index is 5.54. The quantitative estimate of drug-likeness (QED) is 0.855. The Kier molecular flexibility index (Phi) is 4.36. The molecule has 0 amide bonds. The van der Waals surface area contributed by atoms with Gasteiger partial charge in [0.1, 0.15) is 12.1 Å². The van der Waals surface area contributed by atoms with Crippen LogP contribution >= 0.6 is 0 Å². The lowest BCUT2D eigenvalue weighted by atomic mass is 10.2. The summed E-state index contributed by atoms with van der Waals surface area (Å²) in [6.07, 6.45) is 4.04. The summed E-state index contributed by atoms with van der Waals surface area (Å²) in [5.74, 6) is 1.73. The fraction of sp³-hybridized carbons (Fsp3) is 0.692. The first-order chi connectivity index (χ1) is 8.77. The summed E-state index contributed by atoms with van der Waals surface area (Å²) in [6, 6.07) is 0.526. The van der Waals surface area contributed by atoms with Gasteiger partial charge < -0.3 is 15.0 Å². The van der Waals surface area contributed by atoms with Gasteiger partial charge in [-0.05, 0) is 33.7 Å². The lowest BCUT2D eigenvalue weighted by molar-refractivity contribution is 0.323. The minimum Gasteiger partial charge on any atom is -0.478 e. The van der Waals surface area contributed by atoms with Crippen LogP contribution in [-0.4, -0.2) is 42.8 Å². The van der Waals surface area contributed by atoms with Crippen molar-refractivity contribution in [1.82, 2.24) is 15.3 Å². The number of aromatic nitrogens is 2. The molecule has 0 saturated carbocycles. The van der Waals surface area contributed by atoms with Crippen molar-refractivity contribution < 1.29 is 4.74 Å². The Morgan fingerprint density at radius 2 is 2.33 bits per heavy atom. The summed E-state index contributed by atoms with van der Waals surface area (Å²) >= 11 is 0. The lowest BCUT2D eigenvalue weighted by Crippen LogP contribution is -2.37. The van der Waals surface area contributed by atoms with Crippen LogP contribution in [0.2, 0.25) is 0 Å². The minimum atomic E-state index is 0.526. The first-order valence-electron chi connectivity index (χ1n) is 6.63. The van der Waals surface area contributed by atoms with Crippen molar-refractivity contribution in [2.45, 2.75) is 32.7 Å². The van der Waals surface area contributed by atoms with Crippen LogP contribution in [-0.2, 0) is 0 Å². The van der Waals surface area contributed by atoms with E-state index >= 15 is 0 Å². The first-order valence-corrected chi connectivity index (χ1v) is 6.63. The van der Waals surface area contributed by atoms with Gasteiger partial charge in [-0.3, -0.25) is 0 Å². The number of rotatable bonds is 5. The molecule has 0 radical (unpaired) electrons. The third kappa shape index (κ3) is 2.56. The van der Waals surface area contributed by atoms with Crippen LogP contribution in [0.15, 0.2) is 6.33 Å². The molecule has 1 fully saturated rings. The Hall–Kier alpha value is -1.36. The molecule has 2 rings (SSSR count). The van der Waals surface area contributed by atoms with E-state index in [0.29, 0.717) is 18.5 Å². The number of likely N-dealkylation sites (N-methyl/N-ethyl adjacent to an activating group) is 1. The third-order valence-electron chi connectivity index (χ3n) is 3.38. The van der Waals surface area contributed by atoms with E-state index in [1.54, 1.807) is 6.33 Å². The zero-order valence-corrected chi connectivity index (χ0v) is 11.4. The second-order valence-corrected chi connectivity index (χ2v) is 4.61. The third-order valence-corrected chi connectivity index (χ3v) is 3.38. The van der Waals surface area contributed by atoms with Crippen molar-refractivity contribution in [2.75, 3.05) is 31.6 Å². The summed E-state index contributed by atoms with van der Waals surface area (Å²) in [7, 11) is 1.99. The molecule has 100 valence electrons. The predicted octanol–water partition coefficient (Wildman–Crippen LogP) is 1.37. The summed E-state index contributed by atoms with van der Waals surface area (Å²) in [4.78, 5) is 11.0. The largest absolute Gasteiger partial charge is 0.478 e. The summed E-state index contributed by atoms with van der Waals surface area (Å²) in [6.45, 7) is 6.70. The molecule has 1 unspecified atom stereocenters. The molecule has 5 heteroatoms. The second-order valence-electron chi connectivity index (χ2n) is 4.61. The summed E-state index contributed by atoms with van der Waals surface area (Å²) in [5, 5.41) is 3.25. The van der Waals surface area contributed by atoms with Gasteiger partial charge >= 0.3 is 0 Å². The van der Waals surface area contributed by atoms with Crippen molar-refractivity contribution in [1.29, 1.82) is 0 Å². The molecule has 1 atom stereocenters. The Morgan fingerprint density at radius 3 is 3.06 bits per heavy atom. The van der Waals surface area contributed by atoms with Gasteiger partial charge in [0.05, 0.1) is 12.2 Å². The predicted molar refractivity (Wildman–Crippen MR) is 72.2 cm³/mol. The van der Waals surface area contributed by atoms with E-state index in [4.69, 9.17) is 4.74 Å². The topological polar surface area (TPSA) is 50.3 Å². The second kappa shape index (κ2) is 6.00. The van der Waals surface area contributed by atoms with Gasteiger partial charge in [-0.25, -0.2) is 9.97 Å². The fourth-order valence-electron chi connectivity index (χ4n) is 2.56. The fourth-order valence-corrected chi connectivity index (χ4v) is 2.56. The SMILES string of the molecule is CCOc1ncnc(N2CCCC2CNC)c1C. The number of nitrogens with zero attached hydrogens (tertiary/aromatic N) is 3. The normalized spacial score (nSPS) is 19.3. The highest BCUT2D eigenvalue weighted by molar-refractivity contribution is 5.51. The van der Waals surface area contributed by atoms with Gasteiger partial charge in [0.15, 0.2) is 0 Å². The average Bonchev–Trinajstić information content (AvgIpc) is 2.81. The van der Waals surface area contributed by atoms with E-state index < -0.39 is 0 Å². The van der Waals surface area contributed by atoms with E-state index in [1.807, 2.05) is 20.9 Å². The molecule has 2 heterocycles. The van der Waals surface area contributed by atoms with Crippen LogP contribution in [0.25, 0.3) is 0 Å². The number of nitrogens with one attached hydrogen (secondary N) is 1. The standard InChI is InChI=1S/C13H22N4O/c1-4-18-13-10(2)12(15-9-16-13)17-7-5-6-11(17)8-14-3/h9,11,14H,4-8H2,1-3H3. The highest BCUT2D eigenvalue weighted by atomic mass is 16.5. The van der Waals surface area contributed by atoms with Crippen molar-refractivity contribution in [3.63, 3.8) is 0 Å². The molecule has 1 aliphatic heterocycles. The Bertz CT molecular complexity index is 397. The van der Waals surface area contributed by atoms with Crippen LogP contribution in [0.3, 0.4) is 0 Å². The van der Waals surface area contributed by atoms with Crippen molar-refractivity contribution in [3.05, 3.63) is 11.9 Å². The molecule has 0 bridgehead atoms. The molecule has 1 aliphatic rings.